The van der Waals surface area contributed by atoms with Crippen LogP contribution in [0.4, 0.5) is 0 Å². The number of thioether (sulfide) groups is 1. The predicted octanol–water partition coefficient (Wildman–Crippen LogP) is 2.23. The van der Waals surface area contributed by atoms with Gasteiger partial charge < -0.3 is 10.2 Å². The van der Waals surface area contributed by atoms with Gasteiger partial charge in [0.05, 0.1) is 0 Å². The molecule has 0 aromatic heterocycles. The Labute approximate surface area is 99.5 Å². The Kier molecular flexibility index (Phi) is 10.5. The molecule has 0 heterocycles. The molecular weight excluding hydrogens is 204 g/mol. The van der Waals surface area contributed by atoms with Crippen LogP contribution in [-0.2, 0) is 0 Å². The van der Waals surface area contributed by atoms with Gasteiger partial charge >= 0.3 is 0 Å². The molecule has 0 atom stereocenters. The van der Waals surface area contributed by atoms with E-state index in [4.69, 9.17) is 0 Å². The van der Waals surface area contributed by atoms with Gasteiger partial charge in [-0.05, 0) is 19.6 Å². The first-order valence-corrected chi connectivity index (χ1v) is 7.07. The minimum Gasteiger partial charge on any atom is -0.313 e. The van der Waals surface area contributed by atoms with Gasteiger partial charge in [-0.2, -0.15) is 11.8 Å². The third kappa shape index (κ3) is 8.97. The Hall–Kier alpha value is 0.01000. The molecule has 0 rings (SSSR count). The van der Waals surface area contributed by atoms with Crippen molar-refractivity contribution in [1.82, 2.24) is 10.2 Å². The zero-order valence-corrected chi connectivity index (χ0v) is 11.3. The molecule has 0 saturated carbocycles. The van der Waals surface area contributed by atoms with Gasteiger partial charge in [0.1, 0.15) is 0 Å². The topological polar surface area (TPSA) is 15.3 Å². The maximum atomic E-state index is 4.05. The molecule has 2 nitrogen and oxygen atoms in total. The third-order valence-corrected chi connectivity index (χ3v) is 3.46. The van der Waals surface area contributed by atoms with Crippen molar-refractivity contribution in [3.63, 3.8) is 0 Å². The second-order valence-corrected chi connectivity index (χ2v) is 4.71. The summed E-state index contributed by atoms with van der Waals surface area (Å²) < 4.78 is 0. The highest BCUT2D eigenvalue weighted by atomic mass is 32.2. The van der Waals surface area contributed by atoms with E-state index < -0.39 is 0 Å². The second kappa shape index (κ2) is 10.5. The molecule has 3 heteroatoms. The Morgan fingerprint density at radius 1 is 1.27 bits per heavy atom. The number of nitrogens with zero attached hydrogens (tertiary/aromatic N) is 1. The summed E-state index contributed by atoms with van der Waals surface area (Å²) in [6.07, 6.45) is 0. The summed E-state index contributed by atoms with van der Waals surface area (Å²) in [6, 6.07) is 0. The maximum Gasteiger partial charge on any atom is 0.0170 e. The summed E-state index contributed by atoms with van der Waals surface area (Å²) in [5.74, 6) is 2.31. The monoisotopic (exact) mass is 230 g/mol. The molecule has 0 aliphatic rings. The fourth-order valence-corrected chi connectivity index (χ4v) is 2.23. The van der Waals surface area contributed by atoms with Gasteiger partial charge in [0, 0.05) is 24.6 Å². The molecule has 0 radical (unpaired) electrons. The molecule has 0 unspecified atom stereocenters. The van der Waals surface area contributed by atoms with Crippen molar-refractivity contribution in [1.29, 1.82) is 0 Å². The van der Waals surface area contributed by atoms with Crippen LogP contribution in [0.15, 0.2) is 12.2 Å². The van der Waals surface area contributed by atoms with Crippen LogP contribution in [0.25, 0.3) is 0 Å². The Morgan fingerprint density at radius 2 is 1.93 bits per heavy atom. The van der Waals surface area contributed by atoms with Crippen molar-refractivity contribution in [3.8, 4) is 0 Å². The highest BCUT2D eigenvalue weighted by molar-refractivity contribution is 7.99. The second-order valence-electron chi connectivity index (χ2n) is 3.61. The van der Waals surface area contributed by atoms with Crippen LogP contribution < -0.4 is 5.32 Å². The lowest BCUT2D eigenvalue weighted by molar-refractivity contribution is 0.324. The summed E-state index contributed by atoms with van der Waals surface area (Å²) in [6.45, 7) is 16.1. The van der Waals surface area contributed by atoms with E-state index in [1.807, 2.05) is 11.8 Å². The van der Waals surface area contributed by atoms with E-state index in [0.717, 1.165) is 31.9 Å². The summed E-state index contributed by atoms with van der Waals surface area (Å²) >= 11 is 1.99. The van der Waals surface area contributed by atoms with E-state index in [9.17, 15) is 0 Å². The first-order chi connectivity index (χ1) is 7.24. The van der Waals surface area contributed by atoms with Crippen molar-refractivity contribution in [2.24, 2.45) is 0 Å². The van der Waals surface area contributed by atoms with Crippen LogP contribution in [-0.4, -0.2) is 49.1 Å². The van der Waals surface area contributed by atoms with E-state index in [-0.39, 0.29) is 0 Å². The zero-order valence-electron chi connectivity index (χ0n) is 10.5. The smallest absolute Gasteiger partial charge is 0.0170 e. The molecule has 0 amide bonds. The number of rotatable bonds is 10. The van der Waals surface area contributed by atoms with Gasteiger partial charge in [-0.25, -0.2) is 0 Å². The van der Waals surface area contributed by atoms with Crippen LogP contribution in [0.2, 0.25) is 0 Å². The normalized spacial score (nSPS) is 10.9. The van der Waals surface area contributed by atoms with Crippen LogP contribution in [0.5, 0.6) is 0 Å². The number of hydrogen-bond acceptors (Lipinski definition) is 3. The molecule has 0 spiro atoms. The maximum absolute atomic E-state index is 4.05. The fraction of sp³-hybridized carbons (Fsp3) is 0.833. The molecule has 0 fully saturated rings. The van der Waals surface area contributed by atoms with Crippen LogP contribution >= 0.6 is 11.8 Å². The SMILES string of the molecule is C=C(CNCC)CSCCN(CC)CC. The van der Waals surface area contributed by atoms with Gasteiger partial charge in [0.2, 0.25) is 0 Å². The lowest BCUT2D eigenvalue weighted by Crippen LogP contribution is -2.25. The third-order valence-electron chi connectivity index (χ3n) is 2.38. The van der Waals surface area contributed by atoms with Gasteiger partial charge in [-0.15, -0.1) is 0 Å². The lowest BCUT2D eigenvalue weighted by Gasteiger charge is -2.17. The zero-order chi connectivity index (χ0) is 11.5. The molecule has 0 aromatic rings. The van der Waals surface area contributed by atoms with Crippen molar-refractivity contribution >= 4 is 11.8 Å². The number of nitrogens with one attached hydrogen (secondary N) is 1. The summed E-state index contributed by atoms with van der Waals surface area (Å²) in [5, 5.41) is 3.30. The van der Waals surface area contributed by atoms with E-state index in [1.54, 1.807) is 0 Å². The Bertz CT molecular complexity index is 156. The van der Waals surface area contributed by atoms with Gasteiger partial charge in [0.25, 0.3) is 0 Å². The Balaban J connectivity index is 3.33. The number of hydrogen-bond donors (Lipinski definition) is 1. The van der Waals surface area contributed by atoms with Crippen molar-refractivity contribution in [3.05, 3.63) is 12.2 Å². The van der Waals surface area contributed by atoms with Gasteiger partial charge in [-0.1, -0.05) is 32.9 Å². The minimum atomic E-state index is 0.967. The highest BCUT2D eigenvalue weighted by Gasteiger charge is 1.99. The van der Waals surface area contributed by atoms with Crippen LogP contribution in [0.3, 0.4) is 0 Å². The molecule has 0 aromatic carbocycles. The summed E-state index contributed by atoms with van der Waals surface area (Å²) in [4.78, 5) is 2.46. The average Bonchev–Trinajstić information content (AvgIpc) is 2.26. The molecule has 0 bridgehead atoms. The molecule has 0 aliphatic heterocycles. The summed E-state index contributed by atoms with van der Waals surface area (Å²) in [5.41, 5.74) is 1.31. The first-order valence-electron chi connectivity index (χ1n) is 5.92. The molecule has 1 N–H and O–H groups in total. The highest BCUT2D eigenvalue weighted by Crippen LogP contribution is 2.06. The largest absolute Gasteiger partial charge is 0.313 e. The lowest BCUT2D eigenvalue weighted by atomic mass is 10.3. The van der Waals surface area contributed by atoms with Crippen molar-refractivity contribution in [2.45, 2.75) is 20.8 Å². The average molecular weight is 230 g/mol. The standard InChI is InChI=1S/C12H26N2S/c1-5-13-10-12(4)11-15-9-8-14(6-2)7-3/h13H,4-11H2,1-3H3. The van der Waals surface area contributed by atoms with Gasteiger partial charge in [-0.3, -0.25) is 0 Å². The van der Waals surface area contributed by atoms with Crippen LogP contribution in [0, 0.1) is 0 Å². The first kappa shape index (κ1) is 15.0. The quantitative estimate of drug-likeness (QED) is 0.458. The predicted molar refractivity (Wildman–Crippen MR) is 72.8 cm³/mol. The fourth-order valence-electron chi connectivity index (χ4n) is 1.30. The molecule has 15 heavy (non-hydrogen) atoms. The summed E-state index contributed by atoms with van der Waals surface area (Å²) in [7, 11) is 0. The molecule has 90 valence electrons. The van der Waals surface area contributed by atoms with E-state index >= 15 is 0 Å². The van der Waals surface area contributed by atoms with Crippen molar-refractivity contribution < 1.29 is 0 Å². The van der Waals surface area contributed by atoms with E-state index in [2.05, 4.69) is 37.6 Å². The molecular formula is C12H26N2S. The Morgan fingerprint density at radius 3 is 2.47 bits per heavy atom. The van der Waals surface area contributed by atoms with Crippen LogP contribution in [0.1, 0.15) is 20.8 Å². The van der Waals surface area contributed by atoms with Crippen molar-refractivity contribution in [2.75, 3.05) is 44.2 Å². The molecule has 0 saturated heterocycles. The van der Waals surface area contributed by atoms with Gasteiger partial charge in [0.15, 0.2) is 0 Å². The van der Waals surface area contributed by atoms with E-state index in [1.165, 1.54) is 17.9 Å². The minimum absolute atomic E-state index is 0.967. The molecule has 0 aliphatic carbocycles. The van der Waals surface area contributed by atoms with E-state index in [0.29, 0.717) is 0 Å². The number of likely N-dealkylation sites (N-methyl/N-ethyl adjacent to an activating group) is 1.